The summed E-state index contributed by atoms with van der Waals surface area (Å²) in [6, 6.07) is 21.4. The van der Waals surface area contributed by atoms with E-state index in [1.165, 1.54) is 7.02 Å². The molecule has 0 aliphatic heterocycles. The number of thiocarbonyl (C=S) groups is 1. The summed E-state index contributed by atoms with van der Waals surface area (Å²) in [7, 11) is 1.78. The fraction of sp³-hybridized carbons (Fsp3) is 0.188. The van der Waals surface area contributed by atoms with E-state index in [1.54, 1.807) is 8.85 Å². The van der Waals surface area contributed by atoms with Crippen molar-refractivity contribution in [3.63, 3.8) is 0 Å². The molecule has 0 atom stereocenters. The van der Waals surface area contributed by atoms with Crippen LogP contribution in [0, 0.1) is 0 Å². The van der Waals surface area contributed by atoms with Crippen molar-refractivity contribution in [3.05, 3.63) is 60.7 Å². The van der Waals surface area contributed by atoms with Crippen LogP contribution in [0.2, 0.25) is 0 Å². The molecule has 0 heterocycles. The molecule has 104 valence electrons. The van der Waals surface area contributed by atoms with E-state index in [1.807, 2.05) is 0 Å². The number of benzene rings is 2. The standard InChI is InChI=1S/2C6H5.C4H8OS2.Sb/c2*1-2-4-6-5-3-1;1-2-3-5-4(6)7;/h2*1-5H;2-3H2,1H3,(H,6,7);/q;;;+1/p-1. The molecule has 0 unspecified atom stereocenters. The summed E-state index contributed by atoms with van der Waals surface area (Å²) in [4.78, 5) is 0. The molecule has 2 aromatic carbocycles. The predicted octanol–water partition coefficient (Wildman–Crippen LogP) is 3.24. The number of ether oxygens (including phenoxy) is 1. The molecular weight excluding hydrogens is 394 g/mol. The van der Waals surface area contributed by atoms with Gasteiger partial charge in [-0.3, -0.25) is 0 Å². The van der Waals surface area contributed by atoms with Crippen molar-refractivity contribution in [2.45, 2.75) is 13.3 Å². The molecule has 0 bridgehead atoms. The third-order valence-electron chi connectivity index (χ3n) is 2.57. The molecule has 0 N–H and O–H groups in total. The minimum atomic E-state index is -1.91. The van der Waals surface area contributed by atoms with Gasteiger partial charge < -0.3 is 0 Å². The summed E-state index contributed by atoms with van der Waals surface area (Å²) in [6.45, 7) is 2.81. The zero-order valence-corrected chi connectivity index (χ0v) is 15.5. The quantitative estimate of drug-likeness (QED) is 0.553. The van der Waals surface area contributed by atoms with E-state index in [-0.39, 0.29) is 0 Å². The summed E-state index contributed by atoms with van der Waals surface area (Å²) >= 11 is 3.48. The topological polar surface area (TPSA) is 9.23 Å². The zero-order valence-electron chi connectivity index (χ0n) is 11.4. The van der Waals surface area contributed by atoms with Gasteiger partial charge in [0.1, 0.15) is 0 Å². The van der Waals surface area contributed by atoms with E-state index in [0.29, 0.717) is 11.0 Å². The van der Waals surface area contributed by atoms with Gasteiger partial charge in [-0.2, -0.15) is 0 Å². The molecule has 0 fully saturated rings. The third kappa shape index (κ3) is 4.80. The second-order valence-electron chi connectivity index (χ2n) is 4.16. The normalized spacial score (nSPS) is 10.5. The van der Waals surface area contributed by atoms with E-state index in [4.69, 9.17) is 17.0 Å². The Kier molecular flexibility index (Phi) is 6.92. The first-order chi connectivity index (χ1) is 9.81. The van der Waals surface area contributed by atoms with Gasteiger partial charge in [0.05, 0.1) is 0 Å². The Bertz CT molecular complexity index is 491. The molecule has 2 aromatic rings. The van der Waals surface area contributed by atoms with E-state index >= 15 is 0 Å². The maximum atomic E-state index is 5.60. The van der Waals surface area contributed by atoms with Gasteiger partial charge in [-0.25, -0.2) is 0 Å². The second-order valence-corrected chi connectivity index (χ2v) is 14.0. The van der Waals surface area contributed by atoms with Crippen molar-refractivity contribution in [2.24, 2.45) is 0 Å². The van der Waals surface area contributed by atoms with Crippen molar-refractivity contribution in [3.8, 4) is 0 Å². The number of hydrogen-bond donors (Lipinski definition) is 0. The van der Waals surface area contributed by atoms with Gasteiger partial charge in [-0.15, -0.1) is 0 Å². The molecule has 4 heteroatoms. The third-order valence-corrected chi connectivity index (χ3v) is 14.7. The molecule has 0 amide bonds. The molecule has 2 rings (SSSR count). The average Bonchev–Trinajstić information content (AvgIpc) is 2.52. The summed E-state index contributed by atoms with van der Waals surface area (Å²) in [6.07, 6.45) is 0.995. The minimum absolute atomic E-state index is 0.697. The maximum absolute atomic E-state index is 5.60. The summed E-state index contributed by atoms with van der Waals surface area (Å²) in [5, 5.41) is 0. The van der Waals surface area contributed by atoms with E-state index in [2.05, 4.69) is 67.6 Å². The fourth-order valence-electron chi connectivity index (χ4n) is 1.67. The monoisotopic (exact) mass is 410 g/mol. The van der Waals surface area contributed by atoms with Crippen LogP contribution in [0.1, 0.15) is 13.3 Å². The van der Waals surface area contributed by atoms with Crippen LogP contribution >= 0.6 is 21.1 Å². The molecule has 0 spiro atoms. The van der Waals surface area contributed by atoms with E-state index in [9.17, 15) is 0 Å². The summed E-state index contributed by atoms with van der Waals surface area (Å²) < 4.78 is 9.15. The van der Waals surface area contributed by atoms with Gasteiger partial charge in [-0.1, -0.05) is 0 Å². The second kappa shape index (κ2) is 8.71. The van der Waals surface area contributed by atoms with Crippen LogP contribution < -0.4 is 7.02 Å². The SMILES string of the molecule is CCCOC(=S)[S][Sb]([c]1ccccc1)[c]1ccccc1. The Morgan fingerprint density at radius 3 is 1.95 bits per heavy atom. The molecule has 0 aliphatic carbocycles. The van der Waals surface area contributed by atoms with Crippen molar-refractivity contribution < 1.29 is 4.74 Å². The van der Waals surface area contributed by atoms with Crippen molar-refractivity contribution >= 4 is 51.3 Å². The van der Waals surface area contributed by atoms with E-state index in [0.717, 1.165) is 6.42 Å². The van der Waals surface area contributed by atoms with Crippen LogP contribution in [0.4, 0.5) is 0 Å². The Morgan fingerprint density at radius 1 is 1.00 bits per heavy atom. The summed E-state index contributed by atoms with van der Waals surface area (Å²) in [5.74, 6) is 0. The van der Waals surface area contributed by atoms with E-state index < -0.39 is 18.8 Å². The van der Waals surface area contributed by atoms with Crippen LogP contribution in [-0.4, -0.2) is 29.8 Å². The average molecular weight is 411 g/mol. The fourth-order valence-corrected chi connectivity index (χ4v) is 12.3. The predicted molar refractivity (Wildman–Crippen MR) is 94.3 cm³/mol. The van der Waals surface area contributed by atoms with Crippen LogP contribution in [0.25, 0.3) is 0 Å². The van der Waals surface area contributed by atoms with Crippen molar-refractivity contribution in [1.29, 1.82) is 0 Å². The Morgan fingerprint density at radius 2 is 1.50 bits per heavy atom. The Balaban J connectivity index is 2.19. The van der Waals surface area contributed by atoms with Crippen LogP contribution in [0.15, 0.2) is 60.7 Å². The Labute approximate surface area is 136 Å². The molecule has 1 nitrogen and oxygen atoms in total. The number of hydrogen-bond acceptors (Lipinski definition) is 3. The van der Waals surface area contributed by atoms with Crippen molar-refractivity contribution in [2.75, 3.05) is 6.61 Å². The molecule has 0 aromatic heterocycles. The van der Waals surface area contributed by atoms with Crippen molar-refractivity contribution in [1.82, 2.24) is 0 Å². The summed E-state index contributed by atoms with van der Waals surface area (Å²) in [5.41, 5.74) is 0. The molecular formula is C16H17OS2Sb. The van der Waals surface area contributed by atoms with Gasteiger partial charge in [0.25, 0.3) is 0 Å². The molecule has 0 radical (unpaired) electrons. The van der Waals surface area contributed by atoms with Gasteiger partial charge in [0, 0.05) is 0 Å². The van der Waals surface area contributed by atoms with Crippen LogP contribution in [-0.2, 0) is 4.74 Å². The molecule has 0 saturated carbocycles. The van der Waals surface area contributed by atoms with Gasteiger partial charge >= 0.3 is 137 Å². The van der Waals surface area contributed by atoms with Gasteiger partial charge in [0.2, 0.25) is 0 Å². The van der Waals surface area contributed by atoms with Crippen LogP contribution in [0.5, 0.6) is 0 Å². The molecule has 20 heavy (non-hydrogen) atoms. The first-order valence-electron chi connectivity index (χ1n) is 6.56. The first kappa shape index (κ1) is 15.9. The Hall–Kier alpha value is -0.502. The molecule has 0 aliphatic rings. The zero-order chi connectivity index (χ0) is 14.2. The van der Waals surface area contributed by atoms with Gasteiger partial charge in [0.15, 0.2) is 0 Å². The molecule has 0 saturated heterocycles. The number of rotatable bonds is 5. The van der Waals surface area contributed by atoms with Crippen LogP contribution in [0.3, 0.4) is 0 Å². The first-order valence-corrected chi connectivity index (χ1v) is 13.4. The van der Waals surface area contributed by atoms with Gasteiger partial charge in [-0.05, 0) is 0 Å².